The molecule has 2 aromatic carbocycles. The Bertz CT molecular complexity index is 566. The SMILES string of the molecule is CCCNCc1cc(-c2ccc(OCC)cc2)ccc1F. The van der Waals surface area contributed by atoms with Gasteiger partial charge >= 0.3 is 0 Å². The summed E-state index contributed by atoms with van der Waals surface area (Å²) in [5, 5.41) is 3.24. The van der Waals surface area contributed by atoms with Gasteiger partial charge in [0, 0.05) is 12.1 Å². The van der Waals surface area contributed by atoms with Crippen LogP contribution in [-0.2, 0) is 6.54 Å². The maximum atomic E-state index is 13.8. The van der Waals surface area contributed by atoms with Gasteiger partial charge in [0.25, 0.3) is 0 Å². The van der Waals surface area contributed by atoms with E-state index in [9.17, 15) is 4.39 Å². The minimum Gasteiger partial charge on any atom is -0.494 e. The van der Waals surface area contributed by atoms with Crippen LogP contribution in [0.2, 0.25) is 0 Å². The van der Waals surface area contributed by atoms with E-state index in [0.29, 0.717) is 18.7 Å². The summed E-state index contributed by atoms with van der Waals surface area (Å²) in [5.41, 5.74) is 2.79. The Balaban J connectivity index is 2.17. The fourth-order valence-electron chi connectivity index (χ4n) is 2.20. The van der Waals surface area contributed by atoms with Crippen LogP contribution < -0.4 is 10.1 Å². The molecule has 0 saturated heterocycles. The maximum absolute atomic E-state index is 13.8. The van der Waals surface area contributed by atoms with Crippen molar-refractivity contribution in [1.82, 2.24) is 5.32 Å². The van der Waals surface area contributed by atoms with Gasteiger partial charge in [-0.25, -0.2) is 4.39 Å². The largest absolute Gasteiger partial charge is 0.494 e. The van der Waals surface area contributed by atoms with Gasteiger partial charge in [-0.2, -0.15) is 0 Å². The van der Waals surface area contributed by atoms with E-state index in [2.05, 4.69) is 12.2 Å². The first kappa shape index (κ1) is 15.5. The van der Waals surface area contributed by atoms with Crippen molar-refractivity contribution in [3.63, 3.8) is 0 Å². The third-order valence-electron chi connectivity index (χ3n) is 3.29. The van der Waals surface area contributed by atoms with E-state index in [1.54, 1.807) is 0 Å². The maximum Gasteiger partial charge on any atom is 0.127 e. The standard InChI is InChI=1S/C18H22FNO/c1-3-11-20-13-16-12-15(7-10-18(16)19)14-5-8-17(9-6-14)21-4-2/h5-10,12,20H,3-4,11,13H2,1-2H3. The van der Waals surface area contributed by atoms with Crippen LogP contribution in [0.3, 0.4) is 0 Å². The molecule has 0 unspecified atom stereocenters. The summed E-state index contributed by atoms with van der Waals surface area (Å²) in [6.07, 6.45) is 1.04. The Hall–Kier alpha value is -1.87. The topological polar surface area (TPSA) is 21.3 Å². The Labute approximate surface area is 126 Å². The molecule has 112 valence electrons. The molecule has 0 aliphatic heterocycles. The third-order valence-corrected chi connectivity index (χ3v) is 3.29. The lowest BCUT2D eigenvalue weighted by atomic mass is 10.0. The lowest BCUT2D eigenvalue weighted by Crippen LogP contribution is -2.14. The average molecular weight is 287 g/mol. The Morgan fingerprint density at radius 1 is 1.00 bits per heavy atom. The van der Waals surface area contributed by atoms with Gasteiger partial charge in [0.2, 0.25) is 0 Å². The normalized spacial score (nSPS) is 10.6. The summed E-state index contributed by atoms with van der Waals surface area (Å²) in [6, 6.07) is 13.1. The molecular weight excluding hydrogens is 265 g/mol. The first-order valence-electron chi connectivity index (χ1n) is 7.47. The highest BCUT2D eigenvalue weighted by molar-refractivity contribution is 5.65. The second-order valence-electron chi connectivity index (χ2n) is 4.94. The number of rotatable bonds is 7. The third kappa shape index (κ3) is 4.30. The Kier molecular flexibility index (Phi) is 5.76. The van der Waals surface area contributed by atoms with Crippen molar-refractivity contribution in [2.24, 2.45) is 0 Å². The quantitative estimate of drug-likeness (QED) is 0.763. The molecule has 1 N–H and O–H groups in total. The minimum absolute atomic E-state index is 0.159. The molecule has 3 heteroatoms. The molecule has 21 heavy (non-hydrogen) atoms. The Morgan fingerprint density at radius 3 is 2.38 bits per heavy atom. The van der Waals surface area contributed by atoms with E-state index in [4.69, 9.17) is 4.74 Å². The van der Waals surface area contributed by atoms with Gasteiger partial charge in [-0.05, 0) is 55.3 Å². The Morgan fingerprint density at radius 2 is 1.71 bits per heavy atom. The molecule has 0 bridgehead atoms. The van der Waals surface area contributed by atoms with Crippen molar-refractivity contribution in [2.75, 3.05) is 13.2 Å². The molecule has 2 rings (SSSR count). The lowest BCUT2D eigenvalue weighted by molar-refractivity contribution is 0.340. The van der Waals surface area contributed by atoms with Crippen molar-refractivity contribution < 1.29 is 9.13 Å². The zero-order chi connectivity index (χ0) is 15.1. The van der Waals surface area contributed by atoms with Crippen molar-refractivity contribution in [2.45, 2.75) is 26.8 Å². The van der Waals surface area contributed by atoms with Crippen LogP contribution in [0, 0.1) is 5.82 Å². The zero-order valence-corrected chi connectivity index (χ0v) is 12.7. The molecule has 0 saturated carbocycles. The van der Waals surface area contributed by atoms with E-state index in [1.807, 2.05) is 43.3 Å². The van der Waals surface area contributed by atoms with Crippen molar-refractivity contribution in [1.29, 1.82) is 0 Å². The molecule has 0 heterocycles. The smallest absolute Gasteiger partial charge is 0.127 e. The minimum atomic E-state index is -0.159. The van der Waals surface area contributed by atoms with E-state index >= 15 is 0 Å². The van der Waals surface area contributed by atoms with Crippen LogP contribution in [0.25, 0.3) is 11.1 Å². The van der Waals surface area contributed by atoms with Crippen LogP contribution in [0.5, 0.6) is 5.75 Å². The number of hydrogen-bond acceptors (Lipinski definition) is 2. The van der Waals surface area contributed by atoms with Gasteiger partial charge < -0.3 is 10.1 Å². The molecule has 0 aliphatic rings. The van der Waals surface area contributed by atoms with E-state index in [-0.39, 0.29) is 5.82 Å². The zero-order valence-electron chi connectivity index (χ0n) is 12.7. The molecule has 0 aromatic heterocycles. The fourth-order valence-corrected chi connectivity index (χ4v) is 2.20. The summed E-state index contributed by atoms with van der Waals surface area (Å²) in [7, 11) is 0. The van der Waals surface area contributed by atoms with Gasteiger partial charge in [0.1, 0.15) is 11.6 Å². The highest BCUT2D eigenvalue weighted by Crippen LogP contribution is 2.24. The van der Waals surface area contributed by atoms with Crippen molar-refractivity contribution in [3.05, 3.63) is 53.8 Å². The summed E-state index contributed by atoms with van der Waals surface area (Å²) >= 11 is 0. The predicted molar refractivity (Wildman–Crippen MR) is 85.0 cm³/mol. The van der Waals surface area contributed by atoms with Gasteiger partial charge in [-0.15, -0.1) is 0 Å². The van der Waals surface area contributed by atoms with Gasteiger partial charge in [0.05, 0.1) is 6.61 Å². The van der Waals surface area contributed by atoms with Crippen molar-refractivity contribution in [3.8, 4) is 16.9 Å². The van der Waals surface area contributed by atoms with Gasteiger partial charge in [-0.3, -0.25) is 0 Å². The number of benzene rings is 2. The second-order valence-corrected chi connectivity index (χ2v) is 4.94. The number of nitrogens with one attached hydrogen (secondary N) is 1. The van der Waals surface area contributed by atoms with Crippen LogP contribution in [0.1, 0.15) is 25.8 Å². The summed E-state index contributed by atoms with van der Waals surface area (Å²) < 4.78 is 19.3. The molecule has 0 amide bonds. The summed E-state index contributed by atoms with van der Waals surface area (Å²) in [6.45, 7) is 6.17. The van der Waals surface area contributed by atoms with E-state index in [1.165, 1.54) is 6.07 Å². The van der Waals surface area contributed by atoms with Crippen molar-refractivity contribution >= 4 is 0 Å². The first-order chi connectivity index (χ1) is 10.2. The highest BCUT2D eigenvalue weighted by atomic mass is 19.1. The molecule has 0 atom stereocenters. The second kappa shape index (κ2) is 7.79. The van der Waals surface area contributed by atoms with Gasteiger partial charge in [0.15, 0.2) is 0 Å². The fraction of sp³-hybridized carbons (Fsp3) is 0.333. The first-order valence-corrected chi connectivity index (χ1v) is 7.47. The lowest BCUT2D eigenvalue weighted by Gasteiger charge is -2.09. The van der Waals surface area contributed by atoms with Crippen LogP contribution in [-0.4, -0.2) is 13.2 Å². The predicted octanol–water partition coefficient (Wildman–Crippen LogP) is 4.39. The van der Waals surface area contributed by atoms with Crippen LogP contribution in [0.15, 0.2) is 42.5 Å². The van der Waals surface area contributed by atoms with Crippen LogP contribution >= 0.6 is 0 Å². The average Bonchev–Trinajstić information content (AvgIpc) is 2.51. The molecule has 2 aromatic rings. The molecule has 0 aliphatic carbocycles. The number of halogens is 1. The molecule has 0 radical (unpaired) electrons. The summed E-state index contributed by atoms with van der Waals surface area (Å²) in [5.74, 6) is 0.696. The highest BCUT2D eigenvalue weighted by Gasteiger charge is 2.05. The molecule has 2 nitrogen and oxygen atoms in total. The monoisotopic (exact) mass is 287 g/mol. The van der Waals surface area contributed by atoms with Crippen LogP contribution in [0.4, 0.5) is 4.39 Å². The summed E-state index contributed by atoms with van der Waals surface area (Å²) in [4.78, 5) is 0. The van der Waals surface area contributed by atoms with E-state index in [0.717, 1.165) is 29.8 Å². The number of hydrogen-bond donors (Lipinski definition) is 1. The van der Waals surface area contributed by atoms with Gasteiger partial charge in [-0.1, -0.05) is 25.1 Å². The molecule has 0 fully saturated rings. The molecular formula is C18H22FNO. The van der Waals surface area contributed by atoms with E-state index < -0.39 is 0 Å². The number of ether oxygens (including phenoxy) is 1. The molecule has 0 spiro atoms.